The lowest BCUT2D eigenvalue weighted by atomic mass is 10.0. The van der Waals surface area contributed by atoms with E-state index in [1.807, 2.05) is 0 Å². The summed E-state index contributed by atoms with van der Waals surface area (Å²) in [5, 5.41) is 0. The zero-order valence-corrected chi connectivity index (χ0v) is 12.0. The molecule has 3 rings (SSSR count). The van der Waals surface area contributed by atoms with Crippen molar-refractivity contribution in [2.24, 2.45) is 0 Å². The average molecular weight is 351 g/mol. The molecule has 1 aromatic heterocycles. The number of halogens is 2. The van der Waals surface area contributed by atoms with Gasteiger partial charge in [-0.3, -0.25) is 9.78 Å². The van der Waals surface area contributed by atoms with E-state index in [1.54, 1.807) is 12.1 Å². The van der Waals surface area contributed by atoms with E-state index in [4.69, 9.17) is 10.2 Å². The molecule has 0 amide bonds. The monoisotopic (exact) mass is 350 g/mol. The molecule has 106 valence electrons. The zero-order valence-electron chi connectivity index (χ0n) is 10.4. The number of H-pyrrole nitrogens is 1. The number of nitrogens with two attached hydrogens (primary N) is 1. The first kappa shape index (κ1) is 13.6. The summed E-state index contributed by atoms with van der Waals surface area (Å²) in [6, 6.07) is 6.95. The summed E-state index contributed by atoms with van der Waals surface area (Å²) in [4.78, 5) is 26.0. The van der Waals surface area contributed by atoms with E-state index in [-0.39, 0.29) is 22.6 Å². The van der Waals surface area contributed by atoms with Crippen LogP contribution in [0.3, 0.4) is 0 Å². The van der Waals surface area contributed by atoms with Crippen LogP contribution in [0, 0.1) is 5.82 Å². The summed E-state index contributed by atoms with van der Waals surface area (Å²) in [6.45, 7) is 0. The Bertz CT molecular complexity index is 930. The number of carbonyl (C=O) groups excluding carboxylic acids is 1. The van der Waals surface area contributed by atoms with Gasteiger partial charge in [-0.25, -0.2) is 9.18 Å². The van der Waals surface area contributed by atoms with Crippen molar-refractivity contribution in [3.8, 4) is 0 Å². The Morgan fingerprint density at radius 3 is 2.81 bits per heavy atom. The maximum Gasteiger partial charge on any atom is 0.417 e. The van der Waals surface area contributed by atoms with Crippen LogP contribution in [0.2, 0.25) is 0 Å². The van der Waals surface area contributed by atoms with Crippen molar-refractivity contribution in [2.75, 3.05) is 5.73 Å². The third-order valence-electron chi connectivity index (χ3n) is 3.01. The van der Waals surface area contributed by atoms with Gasteiger partial charge < -0.3 is 10.2 Å². The summed E-state index contributed by atoms with van der Waals surface area (Å²) in [5.74, 6) is -1.56. The van der Waals surface area contributed by atoms with Crippen LogP contribution in [-0.4, -0.2) is 10.8 Å². The third-order valence-corrected chi connectivity index (χ3v) is 3.67. The molecule has 0 aliphatic heterocycles. The second kappa shape index (κ2) is 4.85. The lowest BCUT2D eigenvalue weighted by Crippen LogP contribution is -2.04. The lowest BCUT2D eigenvalue weighted by Gasteiger charge is -2.06. The molecular weight excluding hydrogens is 343 g/mol. The number of aromatic nitrogens is 1. The number of nitrogen functional groups attached to an aromatic ring is 1. The number of benzene rings is 2. The van der Waals surface area contributed by atoms with Crippen LogP contribution in [0.15, 0.2) is 44.0 Å². The van der Waals surface area contributed by atoms with Crippen molar-refractivity contribution in [1.29, 1.82) is 0 Å². The maximum absolute atomic E-state index is 13.3. The van der Waals surface area contributed by atoms with Crippen LogP contribution < -0.4 is 11.5 Å². The van der Waals surface area contributed by atoms with Crippen molar-refractivity contribution >= 4 is 38.5 Å². The van der Waals surface area contributed by atoms with Gasteiger partial charge in [-0.2, -0.15) is 0 Å². The Labute approximate surface area is 125 Å². The first-order valence-electron chi connectivity index (χ1n) is 5.88. The van der Waals surface area contributed by atoms with Crippen LogP contribution in [0.5, 0.6) is 0 Å². The molecule has 0 saturated carbocycles. The van der Waals surface area contributed by atoms with Crippen molar-refractivity contribution < 1.29 is 13.6 Å². The smallest absolute Gasteiger partial charge is 0.408 e. The number of anilines is 1. The molecule has 0 fully saturated rings. The number of rotatable bonds is 2. The summed E-state index contributed by atoms with van der Waals surface area (Å²) in [7, 11) is 0. The lowest BCUT2D eigenvalue weighted by molar-refractivity contribution is 0.103. The minimum Gasteiger partial charge on any atom is -0.408 e. The summed E-state index contributed by atoms with van der Waals surface area (Å²) in [6.07, 6.45) is 0. The summed E-state index contributed by atoms with van der Waals surface area (Å²) >= 11 is 3.14. The van der Waals surface area contributed by atoms with Crippen LogP contribution in [0.25, 0.3) is 11.1 Å². The number of hydrogen-bond acceptors (Lipinski definition) is 4. The SMILES string of the molecule is Nc1cc(C(=O)c2ccc3[nH]c(=O)oc3c2)c(Br)cc1F. The molecule has 3 N–H and O–H groups in total. The fourth-order valence-corrected chi connectivity index (χ4v) is 2.48. The molecule has 1 heterocycles. The van der Waals surface area contributed by atoms with Crippen LogP contribution in [0.4, 0.5) is 10.1 Å². The van der Waals surface area contributed by atoms with Gasteiger partial charge >= 0.3 is 5.76 Å². The predicted octanol–water partition coefficient (Wildman–Crippen LogP) is 2.84. The standard InChI is InChI=1S/C14H8BrFN2O3/c15-8-5-9(16)10(17)4-7(8)13(19)6-1-2-11-12(3-6)21-14(20)18-11/h1-5H,17H2,(H,18,20). The molecule has 7 heteroatoms. The van der Waals surface area contributed by atoms with Gasteiger partial charge in [0.25, 0.3) is 0 Å². The quantitative estimate of drug-likeness (QED) is 0.549. The molecule has 0 aliphatic carbocycles. The molecule has 21 heavy (non-hydrogen) atoms. The third kappa shape index (κ3) is 2.36. The first-order valence-corrected chi connectivity index (χ1v) is 6.67. The Hall–Kier alpha value is -2.41. The minimum absolute atomic E-state index is 0.115. The zero-order chi connectivity index (χ0) is 15.1. The van der Waals surface area contributed by atoms with Gasteiger partial charge in [0.15, 0.2) is 11.4 Å². The molecular formula is C14H8BrFN2O3. The molecule has 0 spiro atoms. The van der Waals surface area contributed by atoms with Crippen LogP contribution in [0.1, 0.15) is 15.9 Å². The normalized spacial score (nSPS) is 11.0. The summed E-state index contributed by atoms with van der Waals surface area (Å²) < 4.78 is 18.5. The Kier molecular flexibility index (Phi) is 3.13. The van der Waals surface area contributed by atoms with Crippen molar-refractivity contribution in [3.05, 3.63) is 62.3 Å². The topological polar surface area (TPSA) is 89.1 Å². The van der Waals surface area contributed by atoms with Gasteiger partial charge in [-0.15, -0.1) is 0 Å². The molecule has 5 nitrogen and oxygen atoms in total. The average Bonchev–Trinajstić information content (AvgIpc) is 2.81. The second-order valence-electron chi connectivity index (χ2n) is 4.41. The van der Waals surface area contributed by atoms with Gasteiger partial charge in [-0.05, 0) is 46.3 Å². The van der Waals surface area contributed by atoms with E-state index in [9.17, 15) is 14.0 Å². The van der Waals surface area contributed by atoms with E-state index in [1.165, 1.54) is 12.1 Å². The molecule has 0 bridgehead atoms. The molecule has 0 aliphatic rings. The molecule has 0 radical (unpaired) electrons. The number of fused-ring (bicyclic) bond motifs is 1. The van der Waals surface area contributed by atoms with Gasteiger partial charge in [0.1, 0.15) is 5.82 Å². The number of oxazole rings is 1. The van der Waals surface area contributed by atoms with Crippen molar-refractivity contribution in [2.45, 2.75) is 0 Å². The fraction of sp³-hybridized carbons (Fsp3) is 0. The number of ketones is 1. The van der Waals surface area contributed by atoms with E-state index >= 15 is 0 Å². The fourth-order valence-electron chi connectivity index (χ4n) is 1.98. The largest absolute Gasteiger partial charge is 0.417 e. The molecule has 3 aromatic rings. The predicted molar refractivity (Wildman–Crippen MR) is 78.8 cm³/mol. The van der Waals surface area contributed by atoms with Gasteiger partial charge in [0, 0.05) is 15.6 Å². The summed E-state index contributed by atoms with van der Waals surface area (Å²) in [5.41, 5.74) is 6.67. The number of hydrogen-bond donors (Lipinski definition) is 2. The van der Waals surface area contributed by atoms with Crippen LogP contribution >= 0.6 is 15.9 Å². The maximum atomic E-state index is 13.3. The number of carbonyl (C=O) groups is 1. The number of nitrogens with one attached hydrogen (secondary N) is 1. The highest BCUT2D eigenvalue weighted by atomic mass is 79.9. The van der Waals surface area contributed by atoms with E-state index in [2.05, 4.69) is 20.9 Å². The highest BCUT2D eigenvalue weighted by Gasteiger charge is 2.16. The Balaban J connectivity index is 2.11. The van der Waals surface area contributed by atoms with E-state index in [0.29, 0.717) is 15.6 Å². The highest BCUT2D eigenvalue weighted by molar-refractivity contribution is 9.10. The molecule has 0 unspecified atom stereocenters. The van der Waals surface area contributed by atoms with E-state index in [0.717, 1.165) is 6.07 Å². The van der Waals surface area contributed by atoms with Crippen LogP contribution in [-0.2, 0) is 0 Å². The van der Waals surface area contributed by atoms with E-state index < -0.39 is 11.6 Å². The van der Waals surface area contributed by atoms with Crippen molar-refractivity contribution in [3.63, 3.8) is 0 Å². The minimum atomic E-state index is -0.606. The highest BCUT2D eigenvalue weighted by Crippen LogP contribution is 2.26. The van der Waals surface area contributed by atoms with Gasteiger partial charge in [0.2, 0.25) is 0 Å². The second-order valence-corrected chi connectivity index (χ2v) is 5.26. The van der Waals surface area contributed by atoms with Gasteiger partial charge in [-0.1, -0.05) is 0 Å². The first-order chi connectivity index (χ1) is 9.95. The van der Waals surface area contributed by atoms with Crippen molar-refractivity contribution in [1.82, 2.24) is 4.98 Å². The molecule has 0 saturated heterocycles. The molecule has 0 atom stereocenters. The van der Waals surface area contributed by atoms with Gasteiger partial charge in [0.05, 0.1) is 11.2 Å². The Morgan fingerprint density at radius 2 is 2.05 bits per heavy atom. The Morgan fingerprint density at radius 1 is 1.29 bits per heavy atom. The molecule has 2 aromatic carbocycles. The number of aromatic amines is 1.